The van der Waals surface area contributed by atoms with E-state index in [1.54, 1.807) is 20.8 Å². The summed E-state index contributed by atoms with van der Waals surface area (Å²) in [6.45, 7) is 9.00. The van der Waals surface area contributed by atoms with Gasteiger partial charge in [-0.1, -0.05) is 37.3 Å². The van der Waals surface area contributed by atoms with Gasteiger partial charge < -0.3 is 33.5 Å². The largest absolute Gasteiger partial charge is 1.00 e. The Hall–Kier alpha value is -0.487. The fourth-order valence-corrected chi connectivity index (χ4v) is 1.53. The topological polar surface area (TPSA) is 52.6 Å². The van der Waals surface area contributed by atoms with Crippen LogP contribution in [0.1, 0.15) is 32.8 Å². The number of rotatable bonds is 5. The minimum atomic E-state index is -0.974. The number of ether oxygens (including phenoxy) is 2. The Morgan fingerprint density at radius 2 is 1.68 bits per heavy atom. The summed E-state index contributed by atoms with van der Waals surface area (Å²) in [5.74, 6) is -2.17. The summed E-state index contributed by atoms with van der Waals surface area (Å²) in [4.78, 5) is 23.8. The van der Waals surface area contributed by atoms with Gasteiger partial charge in [-0.2, -0.15) is 0 Å². The van der Waals surface area contributed by atoms with Crippen LogP contribution in [0.3, 0.4) is 0 Å². The first kappa shape index (κ1) is 23.8. The summed E-state index contributed by atoms with van der Waals surface area (Å²) in [5.41, 5.74) is 0.234. The molecule has 1 aromatic rings. The van der Waals surface area contributed by atoms with Crippen LogP contribution in [-0.2, 0) is 45.1 Å². The molecule has 1 aromatic carbocycles. The molecule has 1 radical (unpaired) electrons. The minimum Gasteiger partial charge on any atom is -1.00 e. The Morgan fingerprint density at radius 1 is 1.14 bits per heavy atom. The summed E-state index contributed by atoms with van der Waals surface area (Å²) < 4.78 is 10.3. The molecule has 1 atom stereocenters. The first-order valence-corrected chi connectivity index (χ1v) is 6.56. The normalized spacial score (nSPS) is 11.5. The molecule has 1 rings (SSSR count). The van der Waals surface area contributed by atoms with Crippen LogP contribution in [0.25, 0.3) is 0 Å². The standard InChI is InChI=1S/C16H21O4.HI.Zn/c1-5-13(15(18)20-16(2,3)4)14(17)19-11-12-9-7-6-8-10-12;;/h6-10,13H,1,5,11H2,2-4H3;1H;/p-1/t13-;;/m0../s1. The maximum absolute atomic E-state index is 11.9. The molecule has 119 valence electrons. The molecule has 0 heterocycles. The molecule has 0 saturated carbocycles. The maximum Gasteiger partial charge on any atom is 0.320 e. The number of hydrogen-bond donors (Lipinski definition) is 0. The smallest absolute Gasteiger partial charge is 0.320 e. The van der Waals surface area contributed by atoms with Crippen molar-refractivity contribution in [3.63, 3.8) is 0 Å². The van der Waals surface area contributed by atoms with Gasteiger partial charge in [-0.05, 0) is 32.8 Å². The van der Waals surface area contributed by atoms with Crippen LogP contribution in [0.4, 0.5) is 0 Å². The van der Waals surface area contributed by atoms with Gasteiger partial charge in [0.25, 0.3) is 0 Å². The average molecular weight is 470 g/mol. The third-order valence-corrected chi connectivity index (χ3v) is 2.49. The molecule has 0 fully saturated rings. The third-order valence-electron chi connectivity index (χ3n) is 2.49. The maximum atomic E-state index is 11.9. The van der Waals surface area contributed by atoms with Crippen molar-refractivity contribution in [3.05, 3.63) is 42.8 Å². The number of hydrogen-bond acceptors (Lipinski definition) is 4. The van der Waals surface area contributed by atoms with Crippen LogP contribution in [0.15, 0.2) is 30.3 Å². The van der Waals surface area contributed by atoms with Gasteiger partial charge in [0.1, 0.15) is 12.2 Å². The van der Waals surface area contributed by atoms with Crippen molar-refractivity contribution in [1.82, 2.24) is 0 Å². The Kier molecular flexibility index (Phi) is 12.0. The molecule has 4 nitrogen and oxygen atoms in total. The zero-order chi connectivity index (χ0) is 15.2. The van der Waals surface area contributed by atoms with Crippen molar-refractivity contribution < 1.29 is 62.5 Å². The molecule has 0 bridgehead atoms. The number of esters is 2. The van der Waals surface area contributed by atoms with Gasteiger partial charge in [0, 0.05) is 19.5 Å². The third kappa shape index (κ3) is 8.84. The summed E-state index contributed by atoms with van der Waals surface area (Å²) in [6, 6.07) is 9.29. The van der Waals surface area contributed by atoms with Crippen LogP contribution >= 0.6 is 0 Å². The summed E-state index contributed by atoms with van der Waals surface area (Å²) in [6.07, 6.45) is 0.114. The summed E-state index contributed by atoms with van der Waals surface area (Å²) >= 11 is 0. The van der Waals surface area contributed by atoms with E-state index >= 15 is 0 Å². The van der Waals surface area contributed by atoms with E-state index in [0.717, 1.165) is 5.56 Å². The van der Waals surface area contributed by atoms with E-state index in [-0.39, 0.29) is 56.5 Å². The zero-order valence-corrected chi connectivity index (χ0v) is 18.4. The van der Waals surface area contributed by atoms with Gasteiger partial charge >= 0.3 is 11.9 Å². The van der Waals surface area contributed by atoms with Crippen molar-refractivity contribution in [2.24, 2.45) is 5.92 Å². The van der Waals surface area contributed by atoms with E-state index in [2.05, 4.69) is 6.92 Å². The zero-order valence-electron chi connectivity index (χ0n) is 13.3. The molecular weight excluding hydrogens is 448 g/mol. The number of carbonyl (C=O) groups excluding carboxylic acids is 2. The molecule has 0 unspecified atom stereocenters. The van der Waals surface area contributed by atoms with Gasteiger partial charge in [0.2, 0.25) is 0 Å². The predicted molar refractivity (Wildman–Crippen MR) is 75.5 cm³/mol. The second-order valence-corrected chi connectivity index (χ2v) is 5.47. The first-order valence-electron chi connectivity index (χ1n) is 6.56. The molecule has 0 aromatic heterocycles. The molecule has 0 N–H and O–H groups in total. The SMILES string of the molecule is [CH2]C[C@@H](C(=O)OCc1ccccc1)C(=O)OC(C)(C)C.[I-].[Zn]. The fraction of sp³-hybridized carbons (Fsp3) is 0.438. The van der Waals surface area contributed by atoms with Gasteiger partial charge in [-0.15, -0.1) is 0 Å². The van der Waals surface area contributed by atoms with Gasteiger partial charge in [0.15, 0.2) is 5.92 Å². The molecule has 0 saturated heterocycles. The van der Waals surface area contributed by atoms with Crippen molar-refractivity contribution in [2.75, 3.05) is 0 Å². The van der Waals surface area contributed by atoms with Crippen molar-refractivity contribution in [2.45, 2.75) is 39.4 Å². The second-order valence-electron chi connectivity index (χ2n) is 5.47. The fourth-order valence-electron chi connectivity index (χ4n) is 1.53. The Balaban J connectivity index is 0. The van der Waals surface area contributed by atoms with Crippen molar-refractivity contribution in [1.29, 1.82) is 0 Å². The molecular formula is C16H21IO4Zn-. The predicted octanol–water partition coefficient (Wildman–Crippen LogP) is -0.0866. The van der Waals surface area contributed by atoms with Gasteiger partial charge in [-0.3, -0.25) is 9.59 Å². The van der Waals surface area contributed by atoms with Crippen LogP contribution in [0.2, 0.25) is 0 Å². The van der Waals surface area contributed by atoms with E-state index in [1.807, 2.05) is 30.3 Å². The average Bonchev–Trinajstić information content (AvgIpc) is 2.36. The van der Waals surface area contributed by atoms with Gasteiger partial charge in [-0.25, -0.2) is 0 Å². The molecule has 0 amide bonds. The number of halogens is 1. The van der Waals surface area contributed by atoms with E-state index in [4.69, 9.17) is 9.47 Å². The van der Waals surface area contributed by atoms with Crippen molar-refractivity contribution >= 4 is 11.9 Å². The van der Waals surface area contributed by atoms with Crippen molar-refractivity contribution in [3.8, 4) is 0 Å². The molecule has 22 heavy (non-hydrogen) atoms. The second kappa shape index (κ2) is 11.1. The van der Waals surface area contributed by atoms with Crippen LogP contribution in [0, 0.1) is 12.8 Å². The Labute approximate surface area is 162 Å². The van der Waals surface area contributed by atoms with Crippen LogP contribution in [-0.4, -0.2) is 17.5 Å². The minimum absolute atomic E-state index is 0. The van der Waals surface area contributed by atoms with Gasteiger partial charge in [0.05, 0.1) is 0 Å². The Morgan fingerprint density at radius 3 is 2.14 bits per heavy atom. The van der Waals surface area contributed by atoms with E-state index < -0.39 is 23.5 Å². The molecule has 0 aliphatic heterocycles. The quantitative estimate of drug-likeness (QED) is 0.262. The number of benzene rings is 1. The van der Waals surface area contributed by atoms with E-state index in [9.17, 15) is 9.59 Å². The number of carbonyl (C=O) groups is 2. The summed E-state index contributed by atoms with van der Waals surface area (Å²) in [5, 5.41) is 0. The molecule has 0 aliphatic carbocycles. The molecule has 0 aliphatic rings. The van der Waals surface area contributed by atoms with E-state index in [1.165, 1.54) is 0 Å². The van der Waals surface area contributed by atoms with Crippen LogP contribution < -0.4 is 24.0 Å². The molecule has 6 heteroatoms. The summed E-state index contributed by atoms with van der Waals surface area (Å²) in [7, 11) is 0. The first-order chi connectivity index (χ1) is 9.33. The monoisotopic (exact) mass is 468 g/mol. The molecule has 0 spiro atoms. The Bertz CT molecular complexity index is 457. The van der Waals surface area contributed by atoms with E-state index in [0.29, 0.717) is 0 Å². The van der Waals surface area contributed by atoms with Crippen LogP contribution in [0.5, 0.6) is 0 Å².